The van der Waals surface area contributed by atoms with Gasteiger partial charge in [0.15, 0.2) is 5.78 Å². The largest absolute Gasteiger partial charge is 0.497 e. The maximum absolute atomic E-state index is 13.6. The Morgan fingerprint density at radius 1 is 1.16 bits per heavy atom. The van der Waals surface area contributed by atoms with Crippen LogP contribution in [0.5, 0.6) is 5.75 Å². The van der Waals surface area contributed by atoms with Crippen molar-refractivity contribution >= 4 is 51.7 Å². The molecule has 7 rings (SSSR count). The van der Waals surface area contributed by atoms with Gasteiger partial charge in [-0.3, -0.25) is 14.3 Å². The fourth-order valence-corrected chi connectivity index (χ4v) is 8.54. The number of carbonyl (C=O) groups is 2. The topological polar surface area (TPSA) is 90.4 Å². The standard InChI is InChI=1S/C28H35ClN4O3.CH3I/c1-32(28(8-9-28)19-4-6-20(36-3)7-5-19)25-23(29)24(31-33(25)2)22(34)12-21-17-10-16-11-18(21)15-27(13-16,14-17)26(30)35;1-2/h4-7,16-18,21H,8-15H2,1-3H3,(H2,30,35);1H3. The molecule has 5 fully saturated rings. The molecule has 7 nitrogen and oxygen atoms in total. The summed E-state index contributed by atoms with van der Waals surface area (Å²) in [6, 6.07) is 8.17. The highest BCUT2D eigenvalue weighted by molar-refractivity contribution is 14.1. The van der Waals surface area contributed by atoms with E-state index < -0.39 is 0 Å². The van der Waals surface area contributed by atoms with Crippen molar-refractivity contribution in [3.05, 3.63) is 40.5 Å². The Balaban J connectivity index is 0.00000144. The number of hydrogen-bond donors (Lipinski definition) is 1. The first kappa shape index (κ1) is 27.7. The SMILES string of the molecule is CI.COc1ccc(C2(N(C)c3c(Cl)c(C(=O)CC4C5CC6CC4CC(C(N)=O)(C6)C5)nn3C)CC2)cc1. The average Bonchev–Trinajstić information content (AvgIpc) is 3.66. The van der Waals surface area contributed by atoms with Crippen molar-refractivity contribution in [2.45, 2.75) is 56.9 Å². The number of nitrogens with zero attached hydrogens (tertiary/aromatic N) is 3. The monoisotopic (exact) mass is 652 g/mol. The minimum absolute atomic E-state index is 0.00939. The number of alkyl halides is 1. The molecule has 2 atom stereocenters. The minimum Gasteiger partial charge on any atom is -0.497 e. The van der Waals surface area contributed by atoms with Crippen LogP contribution < -0.4 is 15.4 Å². The van der Waals surface area contributed by atoms with E-state index in [0.717, 1.165) is 56.5 Å². The number of halogens is 2. The summed E-state index contributed by atoms with van der Waals surface area (Å²) in [4.78, 5) is 30.0. The molecule has 2 unspecified atom stereocenters. The van der Waals surface area contributed by atoms with E-state index in [1.165, 1.54) is 5.56 Å². The van der Waals surface area contributed by atoms with E-state index in [2.05, 4.69) is 44.7 Å². The van der Waals surface area contributed by atoms with Gasteiger partial charge in [0.2, 0.25) is 5.91 Å². The summed E-state index contributed by atoms with van der Waals surface area (Å²) in [6.45, 7) is 0. The summed E-state index contributed by atoms with van der Waals surface area (Å²) in [5, 5.41) is 5.05. The third-order valence-corrected chi connectivity index (χ3v) is 10.3. The van der Waals surface area contributed by atoms with Crippen molar-refractivity contribution in [3.8, 4) is 5.75 Å². The highest BCUT2D eigenvalue weighted by atomic mass is 127. The summed E-state index contributed by atoms with van der Waals surface area (Å²) in [7, 11) is 5.56. The number of ether oxygens (including phenoxy) is 1. The Morgan fingerprint density at radius 3 is 2.29 bits per heavy atom. The third-order valence-electron chi connectivity index (χ3n) is 9.95. The van der Waals surface area contributed by atoms with E-state index in [0.29, 0.717) is 34.9 Å². The Kier molecular flexibility index (Phi) is 7.52. The van der Waals surface area contributed by atoms with Gasteiger partial charge in [0.1, 0.15) is 22.3 Å². The molecule has 9 heteroatoms. The van der Waals surface area contributed by atoms with Crippen molar-refractivity contribution in [1.82, 2.24) is 9.78 Å². The highest BCUT2D eigenvalue weighted by Gasteiger charge is 2.58. The lowest BCUT2D eigenvalue weighted by Gasteiger charge is -2.58. The summed E-state index contributed by atoms with van der Waals surface area (Å²) < 4.78 is 7.07. The van der Waals surface area contributed by atoms with Crippen LogP contribution in [0.4, 0.5) is 5.82 Å². The maximum Gasteiger partial charge on any atom is 0.223 e. The molecule has 0 aliphatic heterocycles. The normalized spacial score (nSPS) is 29.8. The summed E-state index contributed by atoms with van der Waals surface area (Å²) in [5.41, 5.74) is 6.92. The van der Waals surface area contributed by atoms with Gasteiger partial charge in [-0.2, -0.15) is 5.10 Å². The molecule has 1 aromatic heterocycles. The molecule has 0 spiro atoms. The summed E-state index contributed by atoms with van der Waals surface area (Å²) in [6.07, 6.45) is 7.29. The summed E-state index contributed by atoms with van der Waals surface area (Å²) >= 11 is 9.04. The van der Waals surface area contributed by atoms with Crippen molar-refractivity contribution in [1.29, 1.82) is 0 Å². The first-order valence-electron chi connectivity index (χ1n) is 13.5. The number of primary amides is 1. The lowest BCUT2D eigenvalue weighted by atomic mass is 9.45. The van der Waals surface area contributed by atoms with Gasteiger partial charge < -0.3 is 15.4 Å². The molecular formula is C29H38ClIN4O3. The summed E-state index contributed by atoms with van der Waals surface area (Å²) in [5.74, 6) is 3.11. The first-order chi connectivity index (χ1) is 18.2. The number of ketones is 1. The van der Waals surface area contributed by atoms with E-state index in [1.807, 2.05) is 31.2 Å². The molecule has 5 aliphatic rings. The number of hydrogen-bond acceptors (Lipinski definition) is 5. The van der Waals surface area contributed by atoms with Gasteiger partial charge >= 0.3 is 0 Å². The Morgan fingerprint density at radius 2 is 1.76 bits per heavy atom. The van der Waals surface area contributed by atoms with E-state index in [-0.39, 0.29) is 28.6 Å². The zero-order valence-electron chi connectivity index (χ0n) is 22.7. The Bertz CT molecular complexity index is 1210. The van der Waals surface area contributed by atoms with Gasteiger partial charge in [0.05, 0.1) is 12.6 Å². The second-order valence-electron chi connectivity index (χ2n) is 11.8. The number of rotatable bonds is 8. The number of benzene rings is 1. The molecular weight excluding hydrogens is 615 g/mol. The fourth-order valence-electron chi connectivity index (χ4n) is 8.15. The van der Waals surface area contributed by atoms with Gasteiger partial charge in [0.25, 0.3) is 0 Å². The van der Waals surface area contributed by atoms with Crippen LogP contribution in [0.2, 0.25) is 5.02 Å². The zero-order chi connectivity index (χ0) is 27.4. The van der Waals surface area contributed by atoms with Gasteiger partial charge in [-0.1, -0.05) is 46.3 Å². The molecule has 2 N–H and O–H groups in total. The van der Waals surface area contributed by atoms with E-state index in [4.69, 9.17) is 22.1 Å². The molecule has 1 amide bonds. The van der Waals surface area contributed by atoms with E-state index in [9.17, 15) is 9.59 Å². The van der Waals surface area contributed by atoms with Crippen LogP contribution in [0.3, 0.4) is 0 Å². The van der Waals surface area contributed by atoms with Gasteiger partial charge in [-0.15, -0.1) is 0 Å². The second kappa shape index (κ2) is 10.3. The Hall–Kier alpha value is -1.81. The highest BCUT2D eigenvalue weighted by Crippen LogP contribution is 2.63. The first-order valence-corrected chi connectivity index (χ1v) is 16.0. The molecule has 2 aromatic rings. The molecule has 1 aromatic carbocycles. The third kappa shape index (κ3) is 4.43. The van der Waals surface area contributed by atoms with Crippen molar-refractivity contribution in [2.75, 3.05) is 24.0 Å². The number of anilines is 1. The fraction of sp³-hybridized carbons (Fsp3) is 0.621. The number of aromatic nitrogens is 2. The molecule has 1 heterocycles. The zero-order valence-corrected chi connectivity index (χ0v) is 25.6. The van der Waals surface area contributed by atoms with Gasteiger partial charge in [-0.05, 0) is 91.2 Å². The van der Waals surface area contributed by atoms with Crippen molar-refractivity contribution in [2.24, 2.45) is 41.9 Å². The molecule has 38 heavy (non-hydrogen) atoms. The molecule has 0 saturated heterocycles. The quantitative estimate of drug-likeness (QED) is 0.223. The maximum atomic E-state index is 13.6. The lowest BCUT2D eigenvalue weighted by Crippen LogP contribution is -2.56. The van der Waals surface area contributed by atoms with Crippen LogP contribution in [0.15, 0.2) is 24.3 Å². The van der Waals surface area contributed by atoms with Gasteiger partial charge in [-0.25, -0.2) is 0 Å². The molecule has 206 valence electrons. The molecule has 4 bridgehead atoms. The van der Waals surface area contributed by atoms with Crippen LogP contribution in [0.1, 0.15) is 67.4 Å². The van der Waals surface area contributed by atoms with Crippen LogP contribution in [-0.2, 0) is 17.4 Å². The number of nitrogens with two attached hydrogens (primary N) is 1. The van der Waals surface area contributed by atoms with E-state index >= 15 is 0 Å². The van der Waals surface area contributed by atoms with Crippen LogP contribution in [-0.4, -0.2) is 40.6 Å². The molecule has 5 aliphatic carbocycles. The predicted octanol–water partition coefficient (Wildman–Crippen LogP) is 5.76. The number of aryl methyl sites for hydroxylation is 1. The van der Waals surface area contributed by atoms with E-state index in [1.54, 1.807) is 11.8 Å². The van der Waals surface area contributed by atoms with Crippen LogP contribution in [0, 0.1) is 29.1 Å². The Labute approximate surface area is 243 Å². The number of methoxy groups -OCH3 is 1. The molecule has 0 radical (unpaired) electrons. The van der Waals surface area contributed by atoms with Gasteiger partial charge in [0, 0.05) is 25.9 Å². The predicted molar refractivity (Wildman–Crippen MR) is 158 cm³/mol. The smallest absolute Gasteiger partial charge is 0.223 e. The minimum atomic E-state index is -0.339. The van der Waals surface area contributed by atoms with Crippen LogP contribution >= 0.6 is 34.2 Å². The van der Waals surface area contributed by atoms with Crippen molar-refractivity contribution < 1.29 is 14.3 Å². The lowest BCUT2D eigenvalue weighted by molar-refractivity contribution is -0.149. The number of carbonyl (C=O) groups excluding carboxylic acids is 2. The number of Topliss-reactive ketones (excluding diaryl/α,β-unsaturated/α-hetero) is 1. The second-order valence-corrected chi connectivity index (χ2v) is 12.2. The van der Waals surface area contributed by atoms with Crippen LogP contribution in [0.25, 0.3) is 0 Å². The average molecular weight is 653 g/mol. The van der Waals surface area contributed by atoms with Crippen molar-refractivity contribution in [3.63, 3.8) is 0 Å². The number of amides is 1. The molecule has 5 saturated carbocycles.